The molecule has 16 heavy (non-hydrogen) atoms. The van der Waals surface area contributed by atoms with Gasteiger partial charge in [-0.15, -0.1) is 11.3 Å². The summed E-state index contributed by atoms with van der Waals surface area (Å²) in [4.78, 5) is 1.21. The number of halogens is 1. The second-order valence-corrected chi connectivity index (χ2v) is 5.66. The maximum absolute atomic E-state index is 6.16. The average Bonchev–Trinajstić information content (AvgIpc) is 2.73. The van der Waals surface area contributed by atoms with E-state index in [4.69, 9.17) is 17.3 Å². The van der Waals surface area contributed by atoms with Crippen molar-refractivity contribution < 1.29 is 0 Å². The lowest BCUT2D eigenvalue weighted by Gasteiger charge is -2.08. The lowest BCUT2D eigenvalue weighted by atomic mass is 10.1. The van der Waals surface area contributed by atoms with Gasteiger partial charge < -0.3 is 5.73 Å². The number of thiophene rings is 1. The summed E-state index contributed by atoms with van der Waals surface area (Å²) in [6.07, 6.45) is 2.79. The topological polar surface area (TPSA) is 43.8 Å². The van der Waals surface area contributed by atoms with Crippen LogP contribution in [0.2, 0.25) is 4.34 Å². The molecule has 0 bridgehead atoms. The SMILES string of the molecule is Cc1nn(C)cc1C(N)Cc1ccc(Cl)s1. The Kier molecular flexibility index (Phi) is 3.33. The van der Waals surface area contributed by atoms with E-state index in [1.807, 2.05) is 32.3 Å². The molecule has 5 heteroatoms. The summed E-state index contributed by atoms with van der Waals surface area (Å²) in [6.45, 7) is 1.98. The second kappa shape index (κ2) is 4.57. The van der Waals surface area contributed by atoms with Gasteiger partial charge in [0.15, 0.2) is 0 Å². The van der Waals surface area contributed by atoms with E-state index in [-0.39, 0.29) is 6.04 Å². The van der Waals surface area contributed by atoms with Gasteiger partial charge in [0.05, 0.1) is 10.0 Å². The van der Waals surface area contributed by atoms with Crippen molar-refractivity contribution in [2.75, 3.05) is 0 Å². The van der Waals surface area contributed by atoms with E-state index in [9.17, 15) is 0 Å². The van der Waals surface area contributed by atoms with Crippen molar-refractivity contribution in [1.82, 2.24) is 9.78 Å². The van der Waals surface area contributed by atoms with Crippen LogP contribution in [0.4, 0.5) is 0 Å². The molecule has 2 heterocycles. The Morgan fingerprint density at radius 2 is 2.31 bits per heavy atom. The van der Waals surface area contributed by atoms with Crippen LogP contribution >= 0.6 is 22.9 Å². The van der Waals surface area contributed by atoms with Gasteiger partial charge in [0.25, 0.3) is 0 Å². The lowest BCUT2D eigenvalue weighted by Crippen LogP contribution is -2.13. The average molecular weight is 256 g/mol. The van der Waals surface area contributed by atoms with Gasteiger partial charge in [-0.2, -0.15) is 5.10 Å². The lowest BCUT2D eigenvalue weighted by molar-refractivity contribution is 0.722. The van der Waals surface area contributed by atoms with Gasteiger partial charge in [-0.05, 0) is 19.1 Å². The first-order valence-electron chi connectivity index (χ1n) is 5.06. The van der Waals surface area contributed by atoms with Gasteiger partial charge in [-0.3, -0.25) is 4.68 Å². The summed E-state index contributed by atoms with van der Waals surface area (Å²) in [6, 6.07) is 3.92. The van der Waals surface area contributed by atoms with E-state index in [1.165, 1.54) is 4.88 Å². The summed E-state index contributed by atoms with van der Waals surface area (Å²) in [7, 11) is 1.91. The summed E-state index contributed by atoms with van der Waals surface area (Å²) >= 11 is 7.47. The van der Waals surface area contributed by atoms with Gasteiger partial charge in [0, 0.05) is 36.1 Å². The van der Waals surface area contributed by atoms with E-state index in [0.717, 1.165) is 22.0 Å². The number of hydrogen-bond donors (Lipinski definition) is 1. The highest BCUT2D eigenvalue weighted by molar-refractivity contribution is 7.16. The fourth-order valence-electron chi connectivity index (χ4n) is 1.77. The molecule has 0 spiro atoms. The van der Waals surface area contributed by atoms with Crippen LogP contribution in [0.25, 0.3) is 0 Å². The predicted molar refractivity (Wildman–Crippen MR) is 67.9 cm³/mol. The molecule has 0 amide bonds. The van der Waals surface area contributed by atoms with Crippen molar-refractivity contribution in [2.24, 2.45) is 12.8 Å². The molecule has 1 atom stereocenters. The smallest absolute Gasteiger partial charge is 0.0931 e. The van der Waals surface area contributed by atoms with Crippen molar-refractivity contribution in [3.63, 3.8) is 0 Å². The van der Waals surface area contributed by atoms with Crippen LogP contribution in [0.5, 0.6) is 0 Å². The summed E-state index contributed by atoms with van der Waals surface area (Å²) in [5.74, 6) is 0. The largest absolute Gasteiger partial charge is 0.324 e. The Morgan fingerprint density at radius 1 is 1.56 bits per heavy atom. The first-order valence-corrected chi connectivity index (χ1v) is 6.25. The standard InChI is InChI=1S/C11H14ClN3S/c1-7-9(6-15(2)14-7)10(13)5-8-3-4-11(12)16-8/h3-4,6,10H,5,13H2,1-2H3. The van der Waals surface area contributed by atoms with Crippen molar-refractivity contribution in [3.8, 4) is 0 Å². The minimum atomic E-state index is -0.0107. The first-order chi connectivity index (χ1) is 7.56. The predicted octanol–water partition coefficient (Wildman–Crippen LogP) is 2.69. The van der Waals surface area contributed by atoms with Crippen molar-refractivity contribution in [2.45, 2.75) is 19.4 Å². The molecular weight excluding hydrogens is 242 g/mol. The zero-order chi connectivity index (χ0) is 11.7. The minimum Gasteiger partial charge on any atom is -0.324 e. The molecule has 0 saturated carbocycles. The molecule has 0 radical (unpaired) electrons. The molecule has 0 aliphatic heterocycles. The third kappa shape index (κ3) is 2.45. The Hall–Kier alpha value is -0.840. The zero-order valence-corrected chi connectivity index (χ0v) is 10.8. The molecule has 2 aromatic heterocycles. The van der Waals surface area contributed by atoms with Gasteiger partial charge in [0.1, 0.15) is 0 Å². The number of rotatable bonds is 3. The minimum absolute atomic E-state index is 0.0107. The molecule has 0 saturated heterocycles. The van der Waals surface area contributed by atoms with E-state index in [1.54, 1.807) is 16.0 Å². The van der Waals surface area contributed by atoms with E-state index in [0.29, 0.717) is 0 Å². The Morgan fingerprint density at radius 3 is 2.81 bits per heavy atom. The van der Waals surface area contributed by atoms with Gasteiger partial charge in [-0.1, -0.05) is 11.6 Å². The van der Waals surface area contributed by atoms with Crippen LogP contribution in [0.15, 0.2) is 18.3 Å². The number of aromatic nitrogens is 2. The third-order valence-electron chi connectivity index (χ3n) is 2.50. The summed E-state index contributed by atoms with van der Waals surface area (Å²) in [5.41, 5.74) is 8.26. The molecule has 0 fully saturated rings. The number of aryl methyl sites for hydroxylation is 2. The highest BCUT2D eigenvalue weighted by Gasteiger charge is 2.13. The van der Waals surface area contributed by atoms with E-state index >= 15 is 0 Å². The van der Waals surface area contributed by atoms with E-state index < -0.39 is 0 Å². The number of nitrogens with zero attached hydrogens (tertiary/aromatic N) is 2. The van der Waals surface area contributed by atoms with Crippen LogP contribution in [0.1, 0.15) is 22.2 Å². The van der Waals surface area contributed by atoms with Crippen LogP contribution < -0.4 is 5.73 Å². The molecule has 2 rings (SSSR count). The maximum atomic E-state index is 6.16. The highest BCUT2D eigenvalue weighted by atomic mass is 35.5. The quantitative estimate of drug-likeness (QED) is 0.917. The molecule has 1 unspecified atom stereocenters. The Bertz CT molecular complexity index is 489. The van der Waals surface area contributed by atoms with Gasteiger partial charge in [0.2, 0.25) is 0 Å². The molecular formula is C11H14ClN3S. The summed E-state index contributed by atoms with van der Waals surface area (Å²) < 4.78 is 2.61. The van der Waals surface area contributed by atoms with Crippen LogP contribution in [0, 0.1) is 6.92 Å². The van der Waals surface area contributed by atoms with E-state index in [2.05, 4.69) is 5.10 Å². The number of hydrogen-bond acceptors (Lipinski definition) is 3. The van der Waals surface area contributed by atoms with Crippen LogP contribution in [-0.2, 0) is 13.5 Å². The first kappa shape index (κ1) is 11.6. The summed E-state index contributed by atoms with van der Waals surface area (Å²) in [5, 5.41) is 4.29. The van der Waals surface area contributed by atoms with Crippen molar-refractivity contribution >= 4 is 22.9 Å². The van der Waals surface area contributed by atoms with Gasteiger partial charge >= 0.3 is 0 Å². The molecule has 3 nitrogen and oxygen atoms in total. The molecule has 0 aliphatic carbocycles. The third-order valence-corrected chi connectivity index (χ3v) is 3.75. The Balaban J connectivity index is 2.14. The van der Waals surface area contributed by atoms with Crippen LogP contribution in [-0.4, -0.2) is 9.78 Å². The van der Waals surface area contributed by atoms with Crippen molar-refractivity contribution in [3.05, 3.63) is 38.8 Å². The number of nitrogens with two attached hydrogens (primary N) is 1. The molecule has 0 aromatic carbocycles. The highest BCUT2D eigenvalue weighted by Crippen LogP contribution is 2.26. The Labute approximate surface area is 104 Å². The van der Waals surface area contributed by atoms with Crippen LogP contribution in [0.3, 0.4) is 0 Å². The monoisotopic (exact) mass is 255 g/mol. The zero-order valence-electron chi connectivity index (χ0n) is 9.27. The normalized spacial score (nSPS) is 13.0. The van der Waals surface area contributed by atoms with Crippen molar-refractivity contribution in [1.29, 1.82) is 0 Å². The second-order valence-electron chi connectivity index (χ2n) is 3.86. The molecule has 86 valence electrons. The molecule has 2 aromatic rings. The maximum Gasteiger partial charge on any atom is 0.0931 e. The molecule has 2 N–H and O–H groups in total. The van der Waals surface area contributed by atoms with Gasteiger partial charge in [-0.25, -0.2) is 0 Å². The fraction of sp³-hybridized carbons (Fsp3) is 0.364. The fourth-order valence-corrected chi connectivity index (χ4v) is 2.92. The molecule has 0 aliphatic rings.